The first-order valence-electron chi connectivity index (χ1n) is 5.55. The first-order chi connectivity index (χ1) is 7.22. The van der Waals surface area contributed by atoms with E-state index in [-0.39, 0.29) is 12.0 Å². The quantitative estimate of drug-likeness (QED) is 0.677. The van der Waals surface area contributed by atoms with Crippen LogP contribution in [-0.4, -0.2) is 29.7 Å². The Morgan fingerprint density at radius 1 is 1.50 bits per heavy atom. The van der Waals surface area contributed by atoms with Crippen molar-refractivity contribution in [3.63, 3.8) is 0 Å². The standard InChI is InChI=1S/C12H21NO3/c1-8(2)10-9(7-15-13(10)6)11(14)16-12(3,4)5/h7-8,10H,1-6H3. The molecule has 0 aromatic heterocycles. The highest BCUT2D eigenvalue weighted by Crippen LogP contribution is 2.26. The van der Waals surface area contributed by atoms with E-state index < -0.39 is 5.60 Å². The molecule has 1 rings (SSSR count). The van der Waals surface area contributed by atoms with Gasteiger partial charge in [-0.2, -0.15) is 0 Å². The Kier molecular flexibility index (Phi) is 3.63. The molecule has 0 amide bonds. The molecule has 1 aliphatic heterocycles. The Labute approximate surface area is 97.2 Å². The van der Waals surface area contributed by atoms with Crippen LogP contribution in [0.25, 0.3) is 0 Å². The van der Waals surface area contributed by atoms with Crippen LogP contribution in [0.4, 0.5) is 0 Å². The second-order valence-electron chi connectivity index (χ2n) is 5.42. The first kappa shape index (κ1) is 13.0. The number of carbonyl (C=O) groups excluding carboxylic acids is 1. The van der Waals surface area contributed by atoms with Gasteiger partial charge in [0, 0.05) is 7.05 Å². The molecule has 92 valence electrons. The molecule has 1 unspecified atom stereocenters. The number of carbonyl (C=O) groups is 1. The van der Waals surface area contributed by atoms with E-state index in [1.54, 1.807) is 5.06 Å². The van der Waals surface area contributed by atoms with Crippen molar-refractivity contribution in [3.05, 3.63) is 11.8 Å². The molecular weight excluding hydrogens is 206 g/mol. The van der Waals surface area contributed by atoms with Gasteiger partial charge >= 0.3 is 5.97 Å². The fraction of sp³-hybridized carbons (Fsp3) is 0.750. The summed E-state index contributed by atoms with van der Waals surface area (Å²) in [6, 6.07) is -0.0325. The zero-order valence-corrected chi connectivity index (χ0v) is 10.9. The maximum absolute atomic E-state index is 11.9. The van der Waals surface area contributed by atoms with Gasteiger partial charge in [0.05, 0.1) is 11.6 Å². The molecule has 4 nitrogen and oxygen atoms in total. The van der Waals surface area contributed by atoms with Crippen molar-refractivity contribution in [3.8, 4) is 0 Å². The summed E-state index contributed by atoms with van der Waals surface area (Å²) in [6.07, 6.45) is 1.48. The van der Waals surface area contributed by atoms with Gasteiger partial charge in [0.25, 0.3) is 0 Å². The molecular formula is C12H21NO3. The van der Waals surface area contributed by atoms with Crippen LogP contribution in [0.5, 0.6) is 0 Å². The van der Waals surface area contributed by atoms with E-state index in [9.17, 15) is 4.79 Å². The molecule has 1 atom stereocenters. The molecule has 1 aliphatic rings. The molecule has 0 fully saturated rings. The van der Waals surface area contributed by atoms with E-state index in [1.807, 2.05) is 41.7 Å². The highest BCUT2D eigenvalue weighted by atomic mass is 16.7. The lowest BCUT2D eigenvalue weighted by Gasteiger charge is -2.25. The van der Waals surface area contributed by atoms with Gasteiger partial charge in [0.1, 0.15) is 11.9 Å². The normalized spacial score (nSPS) is 21.9. The van der Waals surface area contributed by atoms with Crippen LogP contribution >= 0.6 is 0 Å². The molecule has 0 saturated carbocycles. The number of hydrogen-bond acceptors (Lipinski definition) is 4. The number of esters is 1. The third-order valence-corrected chi connectivity index (χ3v) is 2.32. The number of hydrogen-bond donors (Lipinski definition) is 0. The van der Waals surface area contributed by atoms with Crippen LogP contribution in [0.15, 0.2) is 11.8 Å². The maximum Gasteiger partial charge on any atom is 0.339 e. The summed E-state index contributed by atoms with van der Waals surface area (Å²) < 4.78 is 5.34. The molecule has 0 spiro atoms. The summed E-state index contributed by atoms with van der Waals surface area (Å²) in [5.41, 5.74) is 0.119. The van der Waals surface area contributed by atoms with Crippen LogP contribution in [0.2, 0.25) is 0 Å². The van der Waals surface area contributed by atoms with E-state index >= 15 is 0 Å². The molecule has 1 heterocycles. The highest BCUT2D eigenvalue weighted by Gasteiger charge is 2.36. The molecule has 0 bridgehead atoms. The smallest absolute Gasteiger partial charge is 0.339 e. The Balaban J connectivity index is 2.77. The second-order valence-corrected chi connectivity index (χ2v) is 5.42. The Hall–Kier alpha value is -1.03. The maximum atomic E-state index is 11.9. The molecule has 0 N–H and O–H groups in total. The number of likely N-dealkylation sites (N-methyl/N-ethyl adjacent to an activating group) is 1. The van der Waals surface area contributed by atoms with Gasteiger partial charge < -0.3 is 9.57 Å². The average molecular weight is 227 g/mol. The number of hydroxylamine groups is 2. The third kappa shape index (κ3) is 2.98. The van der Waals surface area contributed by atoms with Gasteiger partial charge in [0.15, 0.2) is 0 Å². The van der Waals surface area contributed by atoms with Crippen molar-refractivity contribution in [2.75, 3.05) is 7.05 Å². The lowest BCUT2D eigenvalue weighted by molar-refractivity contribution is -0.151. The fourth-order valence-corrected chi connectivity index (χ4v) is 1.76. The predicted octanol–water partition coefficient (Wildman–Crippen LogP) is 2.11. The lowest BCUT2D eigenvalue weighted by atomic mass is 9.97. The molecule has 0 saturated heterocycles. The van der Waals surface area contributed by atoms with Crippen molar-refractivity contribution >= 4 is 5.97 Å². The van der Waals surface area contributed by atoms with Gasteiger partial charge in [-0.25, -0.2) is 4.79 Å². The zero-order valence-electron chi connectivity index (χ0n) is 10.9. The number of nitrogens with zero attached hydrogens (tertiary/aromatic N) is 1. The second kappa shape index (κ2) is 4.45. The highest BCUT2D eigenvalue weighted by molar-refractivity contribution is 5.90. The van der Waals surface area contributed by atoms with E-state index in [2.05, 4.69) is 0 Å². The Morgan fingerprint density at radius 2 is 2.06 bits per heavy atom. The van der Waals surface area contributed by atoms with Crippen molar-refractivity contribution in [1.29, 1.82) is 0 Å². The number of ether oxygens (including phenoxy) is 1. The van der Waals surface area contributed by atoms with Crippen LogP contribution < -0.4 is 0 Å². The molecule has 0 aliphatic carbocycles. The summed E-state index contributed by atoms with van der Waals surface area (Å²) in [5, 5.41) is 1.68. The van der Waals surface area contributed by atoms with Crippen LogP contribution in [-0.2, 0) is 14.4 Å². The Morgan fingerprint density at radius 3 is 2.50 bits per heavy atom. The topological polar surface area (TPSA) is 38.8 Å². The summed E-state index contributed by atoms with van der Waals surface area (Å²) in [6.45, 7) is 9.67. The minimum absolute atomic E-state index is 0.0325. The largest absolute Gasteiger partial charge is 0.456 e. The van der Waals surface area contributed by atoms with E-state index in [4.69, 9.17) is 9.57 Å². The van der Waals surface area contributed by atoms with Crippen LogP contribution in [0.3, 0.4) is 0 Å². The lowest BCUT2D eigenvalue weighted by Crippen LogP contribution is -2.36. The van der Waals surface area contributed by atoms with E-state index in [0.29, 0.717) is 11.5 Å². The van der Waals surface area contributed by atoms with Crippen molar-refractivity contribution in [2.24, 2.45) is 5.92 Å². The van der Waals surface area contributed by atoms with Gasteiger partial charge in [-0.1, -0.05) is 13.8 Å². The first-order valence-corrected chi connectivity index (χ1v) is 5.55. The van der Waals surface area contributed by atoms with E-state index in [1.165, 1.54) is 6.26 Å². The van der Waals surface area contributed by atoms with Crippen LogP contribution in [0.1, 0.15) is 34.6 Å². The average Bonchev–Trinajstić information content (AvgIpc) is 2.43. The minimum atomic E-state index is -0.472. The zero-order chi connectivity index (χ0) is 12.5. The SMILES string of the molecule is CC(C)C1C(C(=O)OC(C)(C)C)=CON1C. The van der Waals surface area contributed by atoms with Gasteiger partial charge in [-0.15, -0.1) is 5.06 Å². The minimum Gasteiger partial charge on any atom is -0.456 e. The summed E-state index contributed by atoms with van der Waals surface area (Å²) >= 11 is 0. The fourth-order valence-electron chi connectivity index (χ4n) is 1.76. The molecule has 0 radical (unpaired) electrons. The van der Waals surface area contributed by atoms with Gasteiger partial charge in [0.2, 0.25) is 0 Å². The summed E-state index contributed by atoms with van der Waals surface area (Å²) in [4.78, 5) is 17.2. The molecule has 4 heteroatoms. The molecule has 0 aromatic carbocycles. The van der Waals surface area contributed by atoms with Gasteiger partial charge in [-0.05, 0) is 26.7 Å². The molecule has 0 aromatic rings. The monoisotopic (exact) mass is 227 g/mol. The van der Waals surface area contributed by atoms with Crippen molar-refractivity contribution in [1.82, 2.24) is 5.06 Å². The number of rotatable bonds is 2. The summed E-state index contributed by atoms with van der Waals surface area (Å²) in [5.74, 6) is 0.00168. The molecule has 16 heavy (non-hydrogen) atoms. The predicted molar refractivity (Wildman–Crippen MR) is 61.4 cm³/mol. The van der Waals surface area contributed by atoms with Crippen molar-refractivity contribution in [2.45, 2.75) is 46.3 Å². The van der Waals surface area contributed by atoms with Gasteiger partial charge in [-0.3, -0.25) is 0 Å². The van der Waals surface area contributed by atoms with E-state index in [0.717, 1.165) is 0 Å². The summed E-state index contributed by atoms with van der Waals surface area (Å²) in [7, 11) is 1.82. The van der Waals surface area contributed by atoms with Crippen LogP contribution in [0, 0.1) is 5.92 Å². The third-order valence-electron chi connectivity index (χ3n) is 2.32. The Bertz CT molecular complexity index is 302. The van der Waals surface area contributed by atoms with Crippen molar-refractivity contribution < 1.29 is 14.4 Å².